The summed E-state index contributed by atoms with van der Waals surface area (Å²) in [6, 6.07) is 3.66. The highest BCUT2D eigenvalue weighted by molar-refractivity contribution is 9.10. The number of esters is 1. The second-order valence-electron chi connectivity index (χ2n) is 6.30. The Kier molecular flexibility index (Phi) is 5.84. The number of nitrogens with one attached hydrogen (secondary N) is 1. The maximum absolute atomic E-state index is 12.5. The Morgan fingerprint density at radius 3 is 2.81 bits per heavy atom. The fourth-order valence-corrected chi connectivity index (χ4v) is 4.54. The van der Waals surface area contributed by atoms with E-state index in [1.807, 2.05) is 0 Å². The van der Waals surface area contributed by atoms with E-state index in [-0.39, 0.29) is 17.6 Å². The summed E-state index contributed by atoms with van der Waals surface area (Å²) in [6.07, 6.45) is 0.764. The molecule has 8 heteroatoms. The molecule has 0 spiro atoms. The maximum Gasteiger partial charge on any atom is 0.341 e. The third-order valence-corrected chi connectivity index (χ3v) is 5.88. The first-order valence-corrected chi connectivity index (χ1v) is 10.1. The second-order valence-corrected chi connectivity index (χ2v) is 8.19. The molecule has 26 heavy (non-hydrogen) atoms. The Morgan fingerprint density at radius 1 is 1.42 bits per heavy atom. The van der Waals surface area contributed by atoms with E-state index in [2.05, 4.69) is 40.0 Å². The van der Waals surface area contributed by atoms with Gasteiger partial charge in [0.15, 0.2) is 10.4 Å². The van der Waals surface area contributed by atoms with Crippen LogP contribution < -0.4 is 5.32 Å². The summed E-state index contributed by atoms with van der Waals surface area (Å²) >= 11 is 4.63. The lowest BCUT2D eigenvalue weighted by Crippen LogP contribution is -2.35. The summed E-state index contributed by atoms with van der Waals surface area (Å²) in [5.41, 5.74) is 1.47. The number of nitrogens with zero attached hydrogens (tertiary/aromatic N) is 1. The molecule has 0 aliphatic carbocycles. The number of furan rings is 1. The molecule has 0 aromatic carbocycles. The zero-order valence-corrected chi connectivity index (χ0v) is 17.3. The molecule has 0 radical (unpaired) electrons. The van der Waals surface area contributed by atoms with Gasteiger partial charge in [-0.3, -0.25) is 9.69 Å². The number of thiophene rings is 1. The number of hydrogen-bond donors (Lipinski definition) is 1. The van der Waals surface area contributed by atoms with Crippen molar-refractivity contribution < 1.29 is 18.7 Å². The van der Waals surface area contributed by atoms with Gasteiger partial charge in [-0.05, 0) is 60.8 Å². The predicted octanol–water partition coefficient (Wildman–Crippen LogP) is 4.30. The quantitative estimate of drug-likeness (QED) is 0.701. The predicted molar refractivity (Wildman–Crippen MR) is 104 cm³/mol. The van der Waals surface area contributed by atoms with Crippen LogP contribution in [0.3, 0.4) is 0 Å². The van der Waals surface area contributed by atoms with Crippen molar-refractivity contribution in [2.45, 2.75) is 39.8 Å². The van der Waals surface area contributed by atoms with E-state index in [0.717, 1.165) is 30.0 Å². The molecule has 1 aliphatic rings. The lowest BCUT2D eigenvalue weighted by molar-refractivity contribution is 0.0526. The monoisotopic (exact) mass is 440 g/mol. The number of halogens is 1. The zero-order valence-electron chi connectivity index (χ0n) is 14.9. The minimum atomic E-state index is -0.390. The molecule has 0 bridgehead atoms. The minimum Gasteiger partial charge on any atom is -0.462 e. The molecule has 1 N–H and O–H groups in total. The minimum absolute atomic E-state index is 0.182. The van der Waals surface area contributed by atoms with Crippen LogP contribution in [0.15, 0.2) is 21.2 Å². The van der Waals surface area contributed by atoms with Crippen molar-refractivity contribution in [3.8, 4) is 0 Å². The first-order chi connectivity index (χ1) is 12.4. The van der Waals surface area contributed by atoms with E-state index in [0.29, 0.717) is 27.9 Å². The Hall–Kier alpha value is -1.64. The summed E-state index contributed by atoms with van der Waals surface area (Å²) in [5.74, 6) is -0.596. The Labute approximate surface area is 164 Å². The van der Waals surface area contributed by atoms with Crippen molar-refractivity contribution in [2.75, 3.05) is 18.5 Å². The first-order valence-electron chi connectivity index (χ1n) is 8.53. The molecular formula is C18H21BrN2O4S. The number of hydrogen-bond acceptors (Lipinski definition) is 6. The topological polar surface area (TPSA) is 71.8 Å². The van der Waals surface area contributed by atoms with Gasteiger partial charge in [-0.15, -0.1) is 11.3 Å². The van der Waals surface area contributed by atoms with Gasteiger partial charge in [-0.2, -0.15) is 0 Å². The number of carbonyl (C=O) groups excluding carboxylic acids is 2. The van der Waals surface area contributed by atoms with Crippen LogP contribution in [0.2, 0.25) is 0 Å². The van der Waals surface area contributed by atoms with Crippen molar-refractivity contribution in [2.24, 2.45) is 0 Å². The van der Waals surface area contributed by atoms with Crippen molar-refractivity contribution in [1.82, 2.24) is 4.90 Å². The highest BCUT2D eigenvalue weighted by atomic mass is 79.9. The van der Waals surface area contributed by atoms with Crippen LogP contribution in [0.5, 0.6) is 0 Å². The molecule has 140 valence electrons. The summed E-state index contributed by atoms with van der Waals surface area (Å²) in [5, 5.41) is 3.35. The van der Waals surface area contributed by atoms with Gasteiger partial charge >= 0.3 is 5.97 Å². The second kappa shape index (κ2) is 7.94. The van der Waals surface area contributed by atoms with Gasteiger partial charge in [-0.25, -0.2) is 4.79 Å². The molecule has 0 saturated carbocycles. The lowest BCUT2D eigenvalue weighted by Gasteiger charge is -2.30. The number of fused-ring (bicyclic) bond motifs is 1. The highest BCUT2D eigenvalue weighted by Crippen LogP contribution is 2.38. The van der Waals surface area contributed by atoms with Gasteiger partial charge < -0.3 is 14.5 Å². The maximum atomic E-state index is 12.5. The largest absolute Gasteiger partial charge is 0.462 e. The number of amides is 1. The molecule has 0 fully saturated rings. The molecule has 3 rings (SSSR count). The molecule has 2 aromatic rings. The number of rotatable bonds is 5. The van der Waals surface area contributed by atoms with Gasteiger partial charge in [-0.1, -0.05) is 0 Å². The zero-order chi connectivity index (χ0) is 18.8. The summed E-state index contributed by atoms with van der Waals surface area (Å²) < 4.78 is 11.0. The molecule has 0 atom stereocenters. The van der Waals surface area contributed by atoms with Crippen LogP contribution in [0.25, 0.3) is 0 Å². The SMILES string of the molecule is CCOC(=O)c1c(NC(=O)c2ccc(Br)o2)sc2c1CCN(C(C)C)C2. The average molecular weight is 441 g/mol. The number of anilines is 1. The molecule has 0 saturated heterocycles. The van der Waals surface area contributed by atoms with Gasteiger partial charge in [0.05, 0.1) is 12.2 Å². The third-order valence-electron chi connectivity index (χ3n) is 4.32. The van der Waals surface area contributed by atoms with Crippen molar-refractivity contribution in [3.63, 3.8) is 0 Å². The molecular weight excluding hydrogens is 420 g/mol. The molecule has 0 unspecified atom stereocenters. The van der Waals surface area contributed by atoms with Crippen molar-refractivity contribution in [3.05, 3.63) is 38.6 Å². The van der Waals surface area contributed by atoms with Gasteiger partial charge in [0.2, 0.25) is 0 Å². The van der Waals surface area contributed by atoms with Crippen LogP contribution in [0, 0.1) is 0 Å². The fraction of sp³-hybridized carbons (Fsp3) is 0.444. The number of carbonyl (C=O) groups is 2. The van der Waals surface area contributed by atoms with Crippen molar-refractivity contribution in [1.29, 1.82) is 0 Å². The van der Waals surface area contributed by atoms with Crippen LogP contribution in [-0.2, 0) is 17.7 Å². The summed E-state index contributed by atoms with van der Waals surface area (Å²) in [7, 11) is 0. The molecule has 1 aliphatic heterocycles. The summed E-state index contributed by atoms with van der Waals surface area (Å²) in [6.45, 7) is 8.03. The standard InChI is InChI=1S/C18H21BrN2O4S/c1-4-24-18(23)15-11-7-8-21(10(2)3)9-13(11)26-17(15)20-16(22)12-5-6-14(19)25-12/h5-6,10H,4,7-9H2,1-3H3,(H,20,22). The van der Waals surface area contributed by atoms with Gasteiger partial charge in [0, 0.05) is 24.0 Å². The Bertz CT molecular complexity index is 827. The smallest absolute Gasteiger partial charge is 0.341 e. The lowest BCUT2D eigenvalue weighted by atomic mass is 10.0. The van der Waals surface area contributed by atoms with Crippen LogP contribution in [0.4, 0.5) is 5.00 Å². The van der Waals surface area contributed by atoms with Crippen LogP contribution in [0.1, 0.15) is 52.1 Å². The van der Waals surface area contributed by atoms with Crippen molar-refractivity contribution >= 4 is 44.1 Å². The molecule has 2 aromatic heterocycles. The normalized spacial score (nSPS) is 14.3. The molecule has 1 amide bonds. The Balaban J connectivity index is 1.93. The van der Waals surface area contributed by atoms with Gasteiger partial charge in [0.25, 0.3) is 5.91 Å². The van der Waals surface area contributed by atoms with Crippen LogP contribution in [-0.4, -0.2) is 36.0 Å². The van der Waals surface area contributed by atoms with E-state index in [4.69, 9.17) is 9.15 Å². The highest BCUT2D eigenvalue weighted by Gasteiger charge is 2.30. The fourth-order valence-electron chi connectivity index (χ4n) is 2.97. The number of ether oxygens (including phenoxy) is 1. The summed E-state index contributed by atoms with van der Waals surface area (Å²) in [4.78, 5) is 28.4. The third kappa shape index (κ3) is 3.87. The van der Waals surface area contributed by atoms with E-state index in [1.165, 1.54) is 11.3 Å². The van der Waals surface area contributed by atoms with E-state index in [1.54, 1.807) is 19.1 Å². The molecule has 3 heterocycles. The van der Waals surface area contributed by atoms with Crippen LogP contribution >= 0.6 is 27.3 Å². The Morgan fingerprint density at radius 2 is 2.19 bits per heavy atom. The average Bonchev–Trinajstić information content (AvgIpc) is 3.17. The van der Waals surface area contributed by atoms with E-state index >= 15 is 0 Å². The van der Waals surface area contributed by atoms with E-state index < -0.39 is 0 Å². The van der Waals surface area contributed by atoms with Gasteiger partial charge in [0.1, 0.15) is 5.00 Å². The first kappa shape index (κ1) is 19.1. The molecule has 6 nitrogen and oxygen atoms in total. The van der Waals surface area contributed by atoms with E-state index in [9.17, 15) is 9.59 Å².